The molecule has 34 heavy (non-hydrogen) atoms. The predicted octanol–water partition coefficient (Wildman–Crippen LogP) is 9.32. The zero-order valence-corrected chi connectivity index (χ0v) is 21.5. The number of carbonyl (C=O) groups excluding carboxylic acids is 2. The summed E-state index contributed by atoms with van der Waals surface area (Å²) in [4.78, 5) is 24.1. The number of Topliss-reactive ketones (excluding diaryl/α,β-unsaturated/α-hetero) is 2. The molecule has 0 saturated heterocycles. The van der Waals surface area contributed by atoms with Crippen molar-refractivity contribution in [2.45, 2.75) is 110 Å². The highest BCUT2D eigenvalue weighted by molar-refractivity contribution is 6.08. The molecule has 1 saturated carbocycles. The summed E-state index contributed by atoms with van der Waals surface area (Å²) in [5, 5.41) is 0. The number of hydrogen-bond acceptors (Lipinski definition) is 2. The molecule has 0 N–H and O–H groups in total. The summed E-state index contributed by atoms with van der Waals surface area (Å²) in [7, 11) is 0. The van der Waals surface area contributed by atoms with Gasteiger partial charge in [0.2, 0.25) is 0 Å². The predicted molar refractivity (Wildman–Crippen MR) is 143 cm³/mol. The van der Waals surface area contributed by atoms with Gasteiger partial charge in [0.15, 0.2) is 5.78 Å². The standard InChI is InChI=1S/C32H44O2/c1-3-5-6-7-8-9-11-25-12-14-26(15-13-25)27-16-18-28(19-17-27)29-20-22-30(23-21-29)32(34)24-31(33)10-4-2/h16-23,25-26H,3-15,24H2,1-2H3. The van der Waals surface area contributed by atoms with E-state index < -0.39 is 0 Å². The average Bonchev–Trinajstić information content (AvgIpc) is 2.87. The second-order valence-electron chi connectivity index (χ2n) is 10.4. The van der Waals surface area contributed by atoms with Crippen molar-refractivity contribution in [3.05, 3.63) is 59.7 Å². The van der Waals surface area contributed by atoms with Gasteiger partial charge in [-0.1, -0.05) is 107 Å². The lowest BCUT2D eigenvalue weighted by molar-refractivity contribution is -0.118. The summed E-state index contributed by atoms with van der Waals surface area (Å²) >= 11 is 0. The van der Waals surface area contributed by atoms with Crippen molar-refractivity contribution in [1.29, 1.82) is 0 Å². The van der Waals surface area contributed by atoms with Crippen LogP contribution in [-0.2, 0) is 4.79 Å². The van der Waals surface area contributed by atoms with E-state index in [4.69, 9.17) is 0 Å². The van der Waals surface area contributed by atoms with Crippen LogP contribution in [0.4, 0.5) is 0 Å². The Morgan fingerprint density at radius 3 is 1.91 bits per heavy atom. The molecule has 0 radical (unpaired) electrons. The van der Waals surface area contributed by atoms with Crippen molar-refractivity contribution in [1.82, 2.24) is 0 Å². The molecule has 0 aliphatic heterocycles. The number of hydrogen-bond donors (Lipinski definition) is 0. The molecule has 184 valence electrons. The molecular weight excluding hydrogens is 416 g/mol. The Labute approximate surface area is 207 Å². The maximum Gasteiger partial charge on any atom is 0.170 e. The van der Waals surface area contributed by atoms with E-state index in [1.54, 1.807) is 0 Å². The van der Waals surface area contributed by atoms with Gasteiger partial charge in [-0.2, -0.15) is 0 Å². The molecular formula is C32H44O2. The fourth-order valence-corrected chi connectivity index (χ4v) is 5.44. The monoisotopic (exact) mass is 460 g/mol. The molecule has 2 aromatic carbocycles. The first kappa shape index (κ1) is 26.4. The van der Waals surface area contributed by atoms with Gasteiger partial charge in [-0.3, -0.25) is 9.59 Å². The van der Waals surface area contributed by atoms with Gasteiger partial charge >= 0.3 is 0 Å². The van der Waals surface area contributed by atoms with Crippen molar-refractivity contribution in [3.8, 4) is 11.1 Å². The van der Waals surface area contributed by atoms with E-state index in [-0.39, 0.29) is 18.0 Å². The molecule has 2 nitrogen and oxygen atoms in total. The van der Waals surface area contributed by atoms with Gasteiger partial charge in [-0.05, 0) is 60.6 Å². The molecule has 1 aliphatic rings. The Balaban J connectivity index is 1.45. The Morgan fingerprint density at radius 2 is 1.29 bits per heavy atom. The summed E-state index contributed by atoms with van der Waals surface area (Å²) in [5.41, 5.74) is 4.40. The van der Waals surface area contributed by atoms with E-state index in [0.29, 0.717) is 17.9 Å². The zero-order valence-electron chi connectivity index (χ0n) is 21.5. The molecule has 0 unspecified atom stereocenters. The fourth-order valence-electron chi connectivity index (χ4n) is 5.44. The van der Waals surface area contributed by atoms with Crippen LogP contribution in [0.1, 0.15) is 126 Å². The highest BCUT2D eigenvalue weighted by Gasteiger charge is 2.22. The molecule has 0 amide bonds. The van der Waals surface area contributed by atoms with Crippen LogP contribution >= 0.6 is 0 Å². The maximum atomic E-state index is 12.3. The number of rotatable bonds is 14. The minimum atomic E-state index is -0.0764. The third-order valence-electron chi connectivity index (χ3n) is 7.62. The smallest absolute Gasteiger partial charge is 0.170 e. The summed E-state index contributed by atoms with van der Waals surface area (Å²) in [6, 6.07) is 16.8. The van der Waals surface area contributed by atoms with Crippen LogP contribution in [0.5, 0.6) is 0 Å². The van der Waals surface area contributed by atoms with Gasteiger partial charge in [-0.25, -0.2) is 0 Å². The second-order valence-corrected chi connectivity index (χ2v) is 10.4. The Hall–Kier alpha value is -2.22. The quantitative estimate of drug-likeness (QED) is 0.160. The normalized spacial score (nSPS) is 18.1. The molecule has 0 atom stereocenters. The number of ketones is 2. The van der Waals surface area contributed by atoms with Crippen molar-refractivity contribution in [3.63, 3.8) is 0 Å². The highest BCUT2D eigenvalue weighted by atomic mass is 16.1. The van der Waals surface area contributed by atoms with Gasteiger partial charge in [0.1, 0.15) is 5.78 Å². The van der Waals surface area contributed by atoms with Crippen LogP contribution < -0.4 is 0 Å². The molecule has 1 aliphatic carbocycles. The molecule has 2 aromatic rings. The minimum absolute atomic E-state index is 0.0170. The van der Waals surface area contributed by atoms with Gasteiger partial charge in [0, 0.05) is 12.0 Å². The van der Waals surface area contributed by atoms with Gasteiger partial charge < -0.3 is 0 Å². The molecule has 0 bridgehead atoms. The number of benzene rings is 2. The second kappa shape index (κ2) is 14.2. The van der Waals surface area contributed by atoms with E-state index in [2.05, 4.69) is 31.2 Å². The van der Waals surface area contributed by atoms with E-state index in [1.807, 2.05) is 31.2 Å². The summed E-state index contributed by atoms with van der Waals surface area (Å²) in [6.45, 7) is 4.25. The van der Waals surface area contributed by atoms with Crippen molar-refractivity contribution >= 4 is 11.6 Å². The maximum absolute atomic E-state index is 12.3. The number of carbonyl (C=O) groups is 2. The summed E-state index contributed by atoms with van der Waals surface area (Å²) in [5.74, 6) is 1.60. The van der Waals surface area contributed by atoms with Crippen LogP contribution in [0, 0.1) is 5.92 Å². The third-order valence-corrected chi connectivity index (χ3v) is 7.62. The van der Waals surface area contributed by atoms with Crippen molar-refractivity contribution in [2.75, 3.05) is 0 Å². The lowest BCUT2D eigenvalue weighted by atomic mass is 9.77. The molecule has 0 spiro atoms. The van der Waals surface area contributed by atoms with Gasteiger partial charge in [0.05, 0.1) is 6.42 Å². The highest BCUT2D eigenvalue weighted by Crippen LogP contribution is 2.38. The van der Waals surface area contributed by atoms with Gasteiger partial charge in [0.25, 0.3) is 0 Å². The third kappa shape index (κ3) is 8.22. The molecule has 2 heteroatoms. The van der Waals surface area contributed by atoms with E-state index >= 15 is 0 Å². The zero-order chi connectivity index (χ0) is 24.2. The SMILES string of the molecule is CCCCCCCCC1CCC(c2ccc(-c3ccc(C(=O)CC(=O)CCC)cc3)cc2)CC1. The Kier molecular flexibility index (Phi) is 11.1. The van der Waals surface area contributed by atoms with E-state index in [9.17, 15) is 9.59 Å². The van der Waals surface area contributed by atoms with Crippen molar-refractivity contribution in [2.24, 2.45) is 5.92 Å². The largest absolute Gasteiger partial charge is 0.299 e. The topological polar surface area (TPSA) is 34.1 Å². The first-order valence-corrected chi connectivity index (χ1v) is 13.9. The molecule has 3 rings (SSSR count). The van der Waals surface area contributed by atoms with Crippen molar-refractivity contribution < 1.29 is 9.59 Å². The summed E-state index contributed by atoms with van der Waals surface area (Å²) in [6.07, 6.45) is 16.6. The number of unbranched alkanes of at least 4 members (excludes halogenated alkanes) is 5. The molecule has 0 aromatic heterocycles. The van der Waals surface area contributed by atoms with Crippen LogP contribution in [0.25, 0.3) is 11.1 Å². The first-order valence-electron chi connectivity index (χ1n) is 13.9. The average molecular weight is 461 g/mol. The minimum Gasteiger partial charge on any atom is -0.299 e. The molecule has 1 fully saturated rings. The van der Waals surface area contributed by atoms with Crippen LogP contribution in [0.15, 0.2) is 48.5 Å². The van der Waals surface area contributed by atoms with Gasteiger partial charge in [-0.15, -0.1) is 0 Å². The summed E-state index contributed by atoms with van der Waals surface area (Å²) < 4.78 is 0. The first-order chi connectivity index (χ1) is 16.6. The Morgan fingerprint density at radius 1 is 0.706 bits per heavy atom. The Bertz CT molecular complexity index is 870. The van der Waals surface area contributed by atoms with Crippen LogP contribution in [0.3, 0.4) is 0 Å². The van der Waals surface area contributed by atoms with Crippen LogP contribution in [0.2, 0.25) is 0 Å². The lowest BCUT2D eigenvalue weighted by Crippen LogP contribution is -2.13. The fraction of sp³-hybridized carbons (Fsp3) is 0.562. The lowest BCUT2D eigenvalue weighted by Gasteiger charge is -2.29. The van der Waals surface area contributed by atoms with E-state index in [1.165, 1.54) is 81.8 Å². The van der Waals surface area contributed by atoms with Crippen LogP contribution in [-0.4, -0.2) is 11.6 Å². The van der Waals surface area contributed by atoms with E-state index in [0.717, 1.165) is 17.9 Å². The molecule has 0 heterocycles.